The molecule has 0 unspecified atom stereocenters. The van der Waals surface area contributed by atoms with Gasteiger partial charge in [-0.1, -0.05) is 6.07 Å². The number of rotatable bonds is 6. The number of non-ortho nitro benzene ring substituents is 1. The molecule has 2 aromatic carbocycles. The fraction of sp³-hybridized carbons (Fsp3) is 0.158. The lowest BCUT2D eigenvalue weighted by molar-refractivity contribution is -0.384. The molecule has 3 rings (SSSR count). The summed E-state index contributed by atoms with van der Waals surface area (Å²) in [5, 5.41) is 13.2. The van der Waals surface area contributed by atoms with Crippen molar-refractivity contribution in [2.75, 3.05) is 6.54 Å². The molecule has 1 fully saturated rings. The molecule has 144 valence electrons. The molecule has 9 heteroatoms. The third kappa shape index (κ3) is 4.20. The van der Waals surface area contributed by atoms with E-state index in [2.05, 4.69) is 21.2 Å². The van der Waals surface area contributed by atoms with Crippen LogP contribution >= 0.6 is 15.9 Å². The molecule has 0 bridgehead atoms. The Morgan fingerprint density at radius 2 is 1.93 bits per heavy atom. The Labute approximate surface area is 169 Å². The van der Waals surface area contributed by atoms with Gasteiger partial charge in [-0.15, -0.1) is 0 Å². The van der Waals surface area contributed by atoms with Gasteiger partial charge in [0, 0.05) is 18.7 Å². The van der Waals surface area contributed by atoms with E-state index in [1.165, 1.54) is 12.1 Å². The molecule has 3 amide bonds. The average Bonchev–Trinajstić information content (AvgIpc) is 2.94. The summed E-state index contributed by atoms with van der Waals surface area (Å²) in [6.45, 7) is 2.28. The summed E-state index contributed by atoms with van der Waals surface area (Å²) in [4.78, 5) is 35.2. The van der Waals surface area contributed by atoms with E-state index >= 15 is 0 Å². The van der Waals surface area contributed by atoms with Gasteiger partial charge in [0.2, 0.25) is 0 Å². The summed E-state index contributed by atoms with van der Waals surface area (Å²) in [5.74, 6) is 0.222. The highest BCUT2D eigenvalue weighted by atomic mass is 79.9. The maximum atomic E-state index is 12.1. The second-order valence-electron chi connectivity index (χ2n) is 5.94. The van der Waals surface area contributed by atoms with Crippen molar-refractivity contribution in [1.29, 1.82) is 0 Å². The molecule has 1 aliphatic rings. The molecule has 8 nitrogen and oxygen atoms in total. The summed E-state index contributed by atoms with van der Waals surface area (Å²) < 4.78 is 6.41. The molecule has 1 aliphatic heterocycles. The van der Waals surface area contributed by atoms with Crippen LogP contribution in [0.2, 0.25) is 0 Å². The van der Waals surface area contributed by atoms with E-state index in [9.17, 15) is 19.7 Å². The van der Waals surface area contributed by atoms with E-state index in [0.717, 1.165) is 16.0 Å². The predicted molar refractivity (Wildman–Crippen MR) is 105 cm³/mol. The van der Waals surface area contributed by atoms with Crippen LogP contribution in [0.1, 0.15) is 18.1 Å². The molecular formula is C19H16BrN3O5. The number of carbonyl (C=O) groups excluding carboxylic acids is 2. The fourth-order valence-electron chi connectivity index (χ4n) is 2.62. The molecular weight excluding hydrogens is 430 g/mol. The third-order valence-corrected chi connectivity index (χ3v) is 4.71. The van der Waals surface area contributed by atoms with Crippen molar-refractivity contribution in [1.82, 2.24) is 10.2 Å². The van der Waals surface area contributed by atoms with E-state index in [-0.39, 0.29) is 23.9 Å². The Morgan fingerprint density at radius 3 is 2.50 bits per heavy atom. The van der Waals surface area contributed by atoms with E-state index in [0.29, 0.717) is 16.8 Å². The number of hydrogen-bond donors (Lipinski definition) is 1. The molecule has 0 aliphatic carbocycles. The molecule has 0 saturated carbocycles. The van der Waals surface area contributed by atoms with Crippen molar-refractivity contribution in [3.8, 4) is 5.75 Å². The van der Waals surface area contributed by atoms with Crippen LogP contribution in [-0.4, -0.2) is 28.3 Å². The number of hydrogen-bond acceptors (Lipinski definition) is 5. The monoisotopic (exact) mass is 445 g/mol. The molecule has 0 radical (unpaired) electrons. The van der Waals surface area contributed by atoms with Gasteiger partial charge >= 0.3 is 6.03 Å². The van der Waals surface area contributed by atoms with Crippen LogP contribution < -0.4 is 10.1 Å². The van der Waals surface area contributed by atoms with Crippen molar-refractivity contribution < 1.29 is 19.2 Å². The number of nitrogens with zero attached hydrogens (tertiary/aromatic N) is 2. The van der Waals surface area contributed by atoms with Crippen LogP contribution in [0.5, 0.6) is 5.75 Å². The summed E-state index contributed by atoms with van der Waals surface area (Å²) in [5.41, 5.74) is 1.76. The number of amides is 3. The number of nitro benzene ring substituents is 1. The van der Waals surface area contributed by atoms with Crippen LogP contribution in [0.15, 0.2) is 52.6 Å². The molecule has 1 saturated heterocycles. The van der Waals surface area contributed by atoms with Crippen molar-refractivity contribution in [3.63, 3.8) is 0 Å². The first kappa shape index (κ1) is 19.6. The minimum atomic E-state index is -0.453. The van der Waals surface area contributed by atoms with Crippen molar-refractivity contribution in [2.24, 2.45) is 0 Å². The lowest BCUT2D eigenvalue weighted by Crippen LogP contribution is -2.30. The zero-order valence-corrected chi connectivity index (χ0v) is 16.4. The summed E-state index contributed by atoms with van der Waals surface area (Å²) in [7, 11) is 0. The predicted octanol–water partition coefficient (Wildman–Crippen LogP) is 3.85. The summed E-state index contributed by atoms with van der Waals surface area (Å²) >= 11 is 3.43. The largest absolute Gasteiger partial charge is 0.488 e. The quantitative estimate of drug-likeness (QED) is 0.314. The first-order chi connectivity index (χ1) is 13.4. The van der Waals surface area contributed by atoms with Gasteiger partial charge in [0.05, 0.1) is 9.40 Å². The van der Waals surface area contributed by atoms with Gasteiger partial charge < -0.3 is 10.1 Å². The Bertz CT molecular complexity index is 972. The number of benzene rings is 2. The van der Waals surface area contributed by atoms with Gasteiger partial charge in [-0.25, -0.2) is 4.79 Å². The van der Waals surface area contributed by atoms with Crippen LogP contribution in [0, 0.1) is 10.1 Å². The smallest absolute Gasteiger partial charge is 0.328 e. The summed E-state index contributed by atoms with van der Waals surface area (Å²) in [6.07, 6.45) is 1.60. The van der Waals surface area contributed by atoms with Gasteiger partial charge in [-0.3, -0.25) is 19.8 Å². The zero-order chi connectivity index (χ0) is 20.3. The minimum Gasteiger partial charge on any atom is -0.488 e. The van der Waals surface area contributed by atoms with Crippen LogP contribution in [-0.2, 0) is 11.4 Å². The lowest BCUT2D eigenvalue weighted by atomic mass is 10.2. The molecule has 2 aromatic rings. The number of nitrogens with one attached hydrogen (secondary N) is 1. The van der Waals surface area contributed by atoms with Gasteiger partial charge in [0.15, 0.2) is 0 Å². The number of imide groups is 1. The Kier molecular flexibility index (Phi) is 5.74. The Morgan fingerprint density at radius 1 is 1.21 bits per heavy atom. The number of urea groups is 1. The number of likely N-dealkylation sites (N-methyl/N-ethyl adjacent to an activating group) is 1. The van der Waals surface area contributed by atoms with E-state index in [4.69, 9.17) is 4.74 Å². The maximum absolute atomic E-state index is 12.1. The van der Waals surface area contributed by atoms with E-state index in [1.54, 1.807) is 43.3 Å². The van der Waals surface area contributed by atoms with Gasteiger partial charge in [0.1, 0.15) is 18.1 Å². The number of nitro groups is 1. The zero-order valence-electron chi connectivity index (χ0n) is 14.8. The van der Waals surface area contributed by atoms with Crippen molar-refractivity contribution >= 4 is 39.6 Å². The third-order valence-electron chi connectivity index (χ3n) is 4.09. The summed E-state index contributed by atoms with van der Waals surface area (Å²) in [6, 6.07) is 11.0. The molecule has 28 heavy (non-hydrogen) atoms. The van der Waals surface area contributed by atoms with Gasteiger partial charge in [-0.05, 0) is 64.3 Å². The lowest BCUT2D eigenvalue weighted by Gasteiger charge is -2.09. The number of carbonyl (C=O) groups is 2. The Hall–Kier alpha value is -3.20. The Balaban J connectivity index is 1.69. The van der Waals surface area contributed by atoms with Gasteiger partial charge in [-0.2, -0.15) is 0 Å². The second-order valence-corrected chi connectivity index (χ2v) is 6.79. The molecule has 0 atom stereocenters. The van der Waals surface area contributed by atoms with E-state index < -0.39 is 11.0 Å². The second kappa shape index (κ2) is 8.22. The molecule has 0 aromatic heterocycles. The SMILES string of the molecule is CCN1C(=O)N/C(=C/c2ccc(OCc3ccc([N+](=O)[O-])cc3)c(Br)c2)C1=O. The minimum absolute atomic E-state index is 0.0255. The fourth-order valence-corrected chi connectivity index (χ4v) is 3.14. The highest BCUT2D eigenvalue weighted by Gasteiger charge is 2.31. The average molecular weight is 446 g/mol. The van der Waals surface area contributed by atoms with Crippen molar-refractivity contribution in [2.45, 2.75) is 13.5 Å². The van der Waals surface area contributed by atoms with Crippen molar-refractivity contribution in [3.05, 3.63) is 73.9 Å². The standard InChI is InChI=1S/C19H16BrN3O5/c1-2-22-18(24)16(21-19(22)25)10-13-5-8-17(15(20)9-13)28-11-12-3-6-14(7-4-12)23(26)27/h3-10H,2,11H2,1H3,(H,21,25)/b16-10+. The highest BCUT2D eigenvalue weighted by Crippen LogP contribution is 2.28. The van der Waals surface area contributed by atoms with E-state index in [1.807, 2.05) is 0 Å². The highest BCUT2D eigenvalue weighted by molar-refractivity contribution is 9.10. The first-order valence-electron chi connectivity index (χ1n) is 8.39. The topological polar surface area (TPSA) is 102 Å². The molecule has 1 N–H and O–H groups in total. The number of ether oxygens (including phenoxy) is 1. The first-order valence-corrected chi connectivity index (χ1v) is 9.18. The number of halogens is 1. The van der Waals surface area contributed by atoms with Crippen LogP contribution in [0.4, 0.5) is 10.5 Å². The maximum Gasteiger partial charge on any atom is 0.328 e. The van der Waals surface area contributed by atoms with Crippen LogP contribution in [0.3, 0.4) is 0 Å². The molecule has 0 spiro atoms. The van der Waals surface area contributed by atoms with Crippen LogP contribution in [0.25, 0.3) is 6.08 Å². The normalized spacial score (nSPS) is 15.1. The van der Waals surface area contributed by atoms with Gasteiger partial charge in [0.25, 0.3) is 11.6 Å². The molecule has 1 heterocycles.